The summed E-state index contributed by atoms with van der Waals surface area (Å²) >= 11 is 0. The summed E-state index contributed by atoms with van der Waals surface area (Å²) in [5.74, 6) is 0.414. The van der Waals surface area contributed by atoms with Gasteiger partial charge in [-0.05, 0) is 44.2 Å². The van der Waals surface area contributed by atoms with E-state index in [1.807, 2.05) is 86.5 Å². The number of hydrogen-bond acceptors (Lipinski definition) is 4. The molecule has 0 aliphatic rings. The van der Waals surface area contributed by atoms with Crippen molar-refractivity contribution in [2.45, 2.75) is 20.0 Å². The van der Waals surface area contributed by atoms with Gasteiger partial charge in [-0.15, -0.1) is 0 Å². The van der Waals surface area contributed by atoms with Crippen molar-refractivity contribution in [1.29, 1.82) is 0 Å². The first kappa shape index (κ1) is 18.5. The molecule has 0 unspecified atom stereocenters. The fourth-order valence-corrected chi connectivity index (χ4v) is 2.66. The molecule has 0 saturated heterocycles. The van der Waals surface area contributed by atoms with Crippen LogP contribution < -0.4 is 15.0 Å². The van der Waals surface area contributed by atoms with E-state index >= 15 is 0 Å². The number of nitrogens with zero attached hydrogens (tertiary/aromatic N) is 2. The first-order valence-corrected chi connectivity index (χ1v) is 8.85. The number of benzene rings is 2. The molecule has 0 radical (unpaired) electrons. The third-order valence-electron chi connectivity index (χ3n) is 4.01. The van der Waals surface area contributed by atoms with Crippen LogP contribution in [0.1, 0.15) is 24.2 Å². The molecule has 3 aromatic rings. The van der Waals surface area contributed by atoms with E-state index in [0.29, 0.717) is 17.0 Å². The van der Waals surface area contributed by atoms with E-state index in [0.717, 1.165) is 11.4 Å². The van der Waals surface area contributed by atoms with Crippen molar-refractivity contribution in [3.05, 3.63) is 78.6 Å². The van der Waals surface area contributed by atoms with Gasteiger partial charge in [-0.3, -0.25) is 9.78 Å². The minimum absolute atomic E-state index is 0.0209. The summed E-state index contributed by atoms with van der Waals surface area (Å²) in [7, 11) is 1.94. The standard InChI is InChI=1S/C22H23N3O2/c1-16(2)27-21-12-8-7-11-20(21)24-22(26)17-13-19(15-23-14-17)25(3)18-9-5-4-6-10-18/h4-16H,1-3H3,(H,24,26). The number of para-hydroxylation sites is 3. The number of ether oxygens (including phenoxy) is 1. The van der Waals surface area contributed by atoms with Gasteiger partial charge in [0, 0.05) is 18.9 Å². The average molecular weight is 361 g/mol. The summed E-state index contributed by atoms with van der Waals surface area (Å²) in [4.78, 5) is 19.0. The molecule has 0 bridgehead atoms. The maximum atomic E-state index is 12.7. The monoisotopic (exact) mass is 361 g/mol. The number of hydrogen-bond donors (Lipinski definition) is 1. The lowest BCUT2D eigenvalue weighted by molar-refractivity contribution is 0.102. The number of aromatic nitrogens is 1. The largest absolute Gasteiger partial charge is 0.489 e. The normalized spacial score (nSPS) is 10.5. The Labute approximate surface area is 159 Å². The quantitative estimate of drug-likeness (QED) is 0.679. The zero-order valence-electron chi connectivity index (χ0n) is 15.7. The number of rotatable bonds is 6. The molecule has 5 nitrogen and oxygen atoms in total. The van der Waals surface area contributed by atoms with Crippen molar-refractivity contribution in [2.24, 2.45) is 0 Å². The molecule has 3 rings (SSSR count). The third-order valence-corrected chi connectivity index (χ3v) is 4.01. The Balaban J connectivity index is 1.81. The summed E-state index contributed by atoms with van der Waals surface area (Å²) in [6.45, 7) is 3.90. The molecule has 2 aromatic carbocycles. The second-order valence-corrected chi connectivity index (χ2v) is 6.44. The predicted octanol–water partition coefficient (Wildman–Crippen LogP) is 4.89. The third kappa shape index (κ3) is 4.64. The molecule has 5 heteroatoms. The Bertz CT molecular complexity index is 910. The highest BCUT2D eigenvalue weighted by atomic mass is 16.5. The fraction of sp³-hybridized carbons (Fsp3) is 0.182. The first-order chi connectivity index (χ1) is 13.0. The SMILES string of the molecule is CC(C)Oc1ccccc1NC(=O)c1cncc(N(C)c2ccccc2)c1. The highest BCUT2D eigenvalue weighted by molar-refractivity contribution is 6.05. The Hall–Kier alpha value is -3.34. The van der Waals surface area contributed by atoms with E-state index in [-0.39, 0.29) is 12.0 Å². The number of carbonyl (C=O) groups is 1. The lowest BCUT2D eigenvalue weighted by atomic mass is 10.2. The van der Waals surface area contributed by atoms with Crippen molar-refractivity contribution >= 4 is 23.0 Å². The van der Waals surface area contributed by atoms with Gasteiger partial charge in [-0.25, -0.2) is 0 Å². The Morgan fingerprint density at radius 2 is 1.70 bits per heavy atom. The van der Waals surface area contributed by atoms with Crippen molar-refractivity contribution in [3.8, 4) is 5.75 Å². The van der Waals surface area contributed by atoms with Gasteiger partial charge < -0.3 is 15.0 Å². The molecule has 138 valence electrons. The summed E-state index contributed by atoms with van der Waals surface area (Å²) in [5, 5.41) is 2.92. The zero-order valence-corrected chi connectivity index (χ0v) is 15.7. The van der Waals surface area contributed by atoms with Crippen LogP contribution in [0.15, 0.2) is 73.1 Å². The minimum atomic E-state index is -0.231. The summed E-state index contributed by atoms with van der Waals surface area (Å²) < 4.78 is 5.76. The smallest absolute Gasteiger partial charge is 0.257 e. The molecule has 0 aliphatic heterocycles. The summed E-state index contributed by atoms with van der Waals surface area (Å²) in [5.41, 5.74) is 2.97. The fourth-order valence-electron chi connectivity index (χ4n) is 2.66. The van der Waals surface area contributed by atoms with E-state index in [4.69, 9.17) is 4.74 Å². The van der Waals surface area contributed by atoms with Crippen LogP contribution in [0.5, 0.6) is 5.75 Å². The molecule has 1 heterocycles. The van der Waals surface area contributed by atoms with Crippen LogP contribution in [-0.2, 0) is 0 Å². The molecule has 1 amide bonds. The lowest BCUT2D eigenvalue weighted by Crippen LogP contribution is -2.16. The zero-order chi connectivity index (χ0) is 19.2. The Morgan fingerprint density at radius 1 is 1.00 bits per heavy atom. The van der Waals surface area contributed by atoms with Crippen LogP contribution in [0.4, 0.5) is 17.1 Å². The highest BCUT2D eigenvalue weighted by Gasteiger charge is 2.13. The van der Waals surface area contributed by atoms with Crippen LogP contribution in [0, 0.1) is 0 Å². The highest BCUT2D eigenvalue weighted by Crippen LogP contribution is 2.27. The van der Waals surface area contributed by atoms with Gasteiger partial charge >= 0.3 is 0 Å². The van der Waals surface area contributed by atoms with E-state index in [1.54, 1.807) is 12.4 Å². The van der Waals surface area contributed by atoms with E-state index in [2.05, 4.69) is 10.3 Å². The van der Waals surface area contributed by atoms with Crippen LogP contribution in [0.3, 0.4) is 0 Å². The first-order valence-electron chi connectivity index (χ1n) is 8.85. The molecule has 0 aliphatic carbocycles. The molecule has 1 aromatic heterocycles. The summed E-state index contributed by atoms with van der Waals surface area (Å²) in [6.07, 6.45) is 3.32. The molecule has 1 N–H and O–H groups in total. The van der Waals surface area contributed by atoms with Gasteiger partial charge in [0.15, 0.2) is 0 Å². The molecule has 0 fully saturated rings. The molecular weight excluding hydrogens is 338 g/mol. The topological polar surface area (TPSA) is 54.5 Å². The van der Waals surface area contributed by atoms with Crippen LogP contribution in [-0.4, -0.2) is 24.0 Å². The van der Waals surface area contributed by atoms with Gasteiger partial charge in [0.25, 0.3) is 5.91 Å². The second-order valence-electron chi connectivity index (χ2n) is 6.44. The minimum Gasteiger partial charge on any atom is -0.489 e. The maximum Gasteiger partial charge on any atom is 0.257 e. The maximum absolute atomic E-state index is 12.7. The number of nitrogens with one attached hydrogen (secondary N) is 1. The van der Waals surface area contributed by atoms with Crippen LogP contribution in [0.2, 0.25) is 0 Å². The predicted molar refractivity (Wildman–Crippen MR) is 109 cm³/mol. The number of anilines is 3. The van der Waals surface area contributed by atoms with Gasteiger partial charge in [-0.2, -0.15) is 0 Å². The van der Waals surface area contributed by atoms with Gasteiger partial charge in [-0.1, -0.05) is 30.3 Å². The van der Waals surface area contributed by atoms with Crippen molar-refractivity contribution < 1.29 is 9.53 Å². The van der Waals surface area contributed by atoms with Gasteiger partial charge in [0.2, 0.25) is 0 Å². The van der Waals surface area contributed by atoms with Gasteiger partial charge in [0.1, 0.15) is 5.75 Å². The lowest BCUT2D eigenvalue weighted by Gasteiger charge is -2.19. The van der Waals surface area contributed by atoms with E-state index in [1.165, 1.54) is 0 Å². The molecule has 0 spiro atoms. The van der Waals surface area contributed by atoms with E-state index in [9.17, 15) is 4.79 Å². The molecule has 0 atom stereocenters. The Kier molecular flexibility index (Phi) is 5.71. The number of carbonyl (C=O) groups excluding carboxylic acids is 1. The van der Waals surface area contributed by atoms with Crippen LogP contribution >= 0.6 is 0 Å². The van der Waals surface area contributed by atoms with Crippen molar-refractivity contribution in [1.82, 2.24) is 4.98 Å². The average Bonchev–Trinajstić information content (AvgIpc) is 2.69. The number of amides is 1. The second kappa shape index (κ2) is 8.36. The molecule has 0 saturated carbocycles. The van der Waals surface area contributed by atoms with Crippen LogP contribution in [0.25, 0.3) is 0 Å². The number of pyridine rings is 1. The molecular formula is C22H23N3O2. The Morgan fingerprint density at radius 3 is 2.44 bits per heavy atom. The van der Waals surface area contributed by atoms with Crippen molar-refractivity contribution in [2.75, 3.05) is 17.3 Å². The van der Waals surface area contributed by atoms with Gasteiger partial charge in [0.05, 0.1) is 29.2 Å². The molecule has 27 heavy (non-hydrogen) atoms. The van der Waals surface area contributed by atoms with E-state index < -0.39 is 0 Å². The summed E-state index contributed by atoms with van der Waals surface area (Å²) in [6, 6.07) is 19.2. The van der Waals surface area contributed by atoms with Crippen molar-refractivity contribution in [3.63, 3.8) is 0 Å².